The van der Waals surface area contributed by atoms with Gasteiger partial charge in [0.25, 0.3) is 0 Å². The number of rotatable bonds is 5. The molecule has 2 rings (SSSR count). The molecule has 2 heterocycles. The van der Waals surface area contributed by atoms with Crippen molar-refractivity contribution in [3.05, 3.63) is 18.0 Å². The fourth-order valence-electron chi connectivity index (χ4n) is 2.44. The van der Waals surface area contributed by atoms with Gasteiger partial charge in [0.05, 0.1) is 17.7 Å². The van der Waals surface area contributed by atoms with Crippen LogP contribution in [0.5, 0.6) is 0 Å². The van der Waals surface area contributed by atoms with Crippen molar-refractivity contribution in [1.29, 1.82) is 0 Å². The lowest BCUT2D eigenvalue weighted by Gasteiger charge is -2.25. The van der Waals surface area contributed by atoms with Crippen molar-refractivity contribution in [3.8, 4) is 0 Å². The molecule has 1 aromatic heterocycles. The van der Waals surface area contributed by atoms with E-state index >= 15 is 0 Å². The average Bonchev–Trinajstić information content (AvgIpc) is 3.04. The van der Waals surface area contributed by atoms with E-state index in [0.29, 0.717) is 13.1 Å². The van der Waals surface area contributed by atoms with E-state index in [4.69, 9.17) is 4.74 Å². The molecular formula is C14H24N4O2. The van der Waals surface area contributed by atoms with Gasteiger partial charge in [0.2, 0.25) is 5.91 Å². The highest BCUT2D eigenvalue weighted by Gasteiger charge is 2.35. The van der Waals surface area contributed by atoms with E-state index in [-0.39, 0.29) is 23.3 Å². The molecule has 0 spiro atoms. The molecule has 1 fully saturated rings. The fraction of sp³-hybridized carbons (Fsp3) is 0.714. The van der Waals surface area contributed by atoms with Crippen LogP contribution in [0.1, 0.15) is 25.3 Å². The summed E-state index contributed by atoms with van der Waals surface area (Å²) in [5.41, 5.74) is 0.773. The van der Waals surface area contributed by atoms with Crippen molar-refractivity contribution in [1.82, 2.24) is 20.4 Å². The summed E-state index contributed by atoms with van der Waals surface area (Å²) >= 11 is 0. The summed E-state index contributed by atoms with van der Waals surface area (Å²) in [6.45, 7) is 5.95. The Bertz CT molecular complexity index is 469. The summed E-state index contributed by atoms with van der Waals surface area (Å²) in [7, 11) is 3.55. The Labute approximate surface area is 119 Å². The molecule has 20 heavy (non-hydrogen) atoms. The Morgan fingerprint density at radius 3 is 2.95 bits per heavy atom. The van der Waals surface area contributed by atoms with Crippen molar-refractivity contribution in [3.63, 3.8) is 0 Å². The van der Waals surface area contributed by atoms with Crippen LogP contribution in [0, 0.1) is 5.92 Å². The smallest absolute Gasteiger partial charge is 0.225 e. The molecule has 0 saturated carbocycles. The molecule has 0 radical (unpaired) electrons. The zero-order valence-electron chi connectivity index (χ0n) is 12.6. The Morgan fingerprint density at radius 1 is 1.60 bits per heavy atom. The monoisotopic (exact) mass is 280 g/mol. The first kappa shape index (κ1) is 15.0. The number of amides is 1. The summed E-state index contributed by atoms with van der Waals surface area (Å²) in [5, 5.41) is 10.5. The first-order valence-electron chi connectivity index (χ1n) is 6.95. The summed E-state index contributed by atoms with van der Waals surface area (Å²) in [4.78, 5) is 12.4. The predicted octanol–water partition coefficient (Wildman–Crippen LogP) is 0.264. The molecule has 6 nitrogen and oxygen atoms in total. The third-order valence-electron chi connectivity index (χ3n) is 3.94. The van der Waals surface area contributed by atoms with Crippen LogP contribution in [0.3, 0.4) is 0 Å². The second kappa shape index (κ2) is 5.93. The number of nitrogens with zero attached hydrogens (tertiary/aromatic N) is 2. The van der Waals surface area contributed by atoms with Gasteiger partial charge in [-0.25, -0.2) is 0 Å². The number of methoxy groups -OCH3 is 1. The van der Waals surface area contributed by atoms with Gasteiger partial charge in [0.1, 0.15) is 0 Å². The normalized spacial score (nSPS) is 23.0. The van der Waals surface area contributed by atoms with Gasteiger partial charge in [-0.05, 0) is 19.4 Å². The minimum Gasteiger partial charge on any atom is -0.377 e. The van der Waals surface area contributed by atoms with Crippen molar-refractivity contribution in [2.75, 3.05) is 26.7 Å². The van der Waals surface area contributed by atoms with Gasteiger partial charge < -0.3 is 15.4 Å². The molecule has 0 aliphatic carbocycles. The molecule has 2 N–H and O–H groups in total. The molecule has 1 amide bonds. The zero-order chi connectivity index (χ0) is 14.8. The van der Waals surface area contributed by atoms with Crippen LogP contribution in [0.25, 0.3) is 0 Å². The highest BCUT2D eigenvalue weighted by molar-refractivity contribution is 5.80. The minimum absolute atomic E-state index is 0.0492. The van der Waals surface area contributed by atoms with Crippen molar-refractivity contribution >= 4 is 5.91 Å². The second-order valence-electron chi connectivity index (χ2n) is 6.00. The lowest BCUT2D eigenvalue weighted by Crippen LogP contribution is -2.43. The lowest BCUT2D eigenvalue weighted by molar-refractivity contribution is -0.126. The molecule has 0 aromatic carbocycles. The summed E-state index contributed by atoms with van der Waals surface area (Å²) < 4.78 is 7.10. The first-order valence-corrected chi connectivity index (χ1v) is 6.95. The van der Waals surface area contributed by atoms with E-state index in [1.54, 1.807) is 11.8 Å². The Hall–Kier alpha value is -1.40. The standard InChI is InChI=1S/C14H24N4O2/c1-14(2,20-4)9-16-13(19)12-7-15-6-11(12)10-5-17-18(3)8-10/h5,8,11-12,15H,6-7,9H2,1-4H3,(H,16,19)/t11-,12+/m1/s1. The van der Waals surface area contributed by atoms with Crippen LogP contribution in [-0.4, -0.2) is 48.0 Å². The number of carbonyl (C=O) groups is 1. The zero-order valence-corrected chi connectivity index (χ0v) is 12.6. The van der Waals surface area contributed by atoms with E-state index in [0.717, 1.165) is 12.1 Å². The molecule has 1 saturated heterocycles. The molecule has 1 aliphatic heterocycles. The summed E-state index contributed by atoms with van der Waals surface area (Å²) in [6.07, 6.45) is 3.83. The van der Waals surface area contributed by atoms with Crippen molar-refractivity contribution in [2.45, 2.75) is 25.4 Å². The average molecular weight is 280 g/mol. The highest BCUT2D eigenvalue weighted by atomic mass is 16.5. The van der Waals surface area contributed by atoms with Gasteiger partial charge in [-0.1, -0.05) is 0 Å². The maximum Gasteiger partial charge on any atom is 0.225 e. The van der Waals surface area contributed by atoms with Crippen molar-refractivity contribution in [2.24, 2.45) is 13.0 Å². The van der Waals surface area contributed by atoms with Crippen LogP contribution >= 0.6 is 0 Å². The largest absolute Gasteiger partial charge is 0.377 e. The Morgan fingerprint density at radius 2 is 2.35 bits per heavy atom. The highest BCUT2D eigenvalue weighted by Crippen LogP contribution is 2.27. The van der Waals surface area contributed by atoms with Crippen LogP contribution in [0.15, 0.2) is 12.4 Å². The quantitative estimate of drug-likeness (QED) is 0.812. The van der Waals surface area contributed by atoms with Crippen LogP contribution in [-0.2, 0) is 16.6 Å². The summed E-state index contributed by atoms with van der Waals surface area (Å²) in [6, 6.07) is 0. The maximum atomic E-state index is 12.4. The number of carbonyl (C=O) groups excluding carboxylic acids is 1. The molecular weight excluding hydrogens is 256 g/mol. The van der Waals surface area contributed by atoms with E-state index in [1.807, 2.05) is 33.3 Å². The Balaban J connectivity index is 1.98. The minimum atomic E-state index is -0.342. The third-order valence-corrected chi connectivity index (χ3v) is 3.94. The molecule has 112 valence electrons. The van der Waals surface area contributed by atoms with Crippen LogP contribution in [0.4, 0.5) is 0 Å². The fourth-order valence-corrected chi connectivity index (χ4v) is 2.44. The molecule has 1 aromatic rings. The molecule has 0 unspecified atom stereocenters. The molecule has 2 atom stereocenters. The molecule has 6 heteroatoms. The number of ether oxygens (including phenoxy) is 1. The number of nitrogens with one attached hydrogen (secondary N) is 2. The number of hydrogen-bond donors (Lipinski definition) is 2. The van der Waals surface area contributed by atoms with Crippen LogP contribution < -0.4 is 10.6 Å². The topological polar surface area (TPSA) is 68.2 Å². The van der Waals surface area contributed by atoms with Gasteiger partial charge >= 0.3 is 0 Å². The number of hydrogen-bond acceptors (Lipinski definition) is 4. The van der Waals surface area contributed by atoms with E-state index in [1.165, 1.54) is 0 Å². The third kappa shape index (κ3) is 3.37. The second-order valence-corrected chi connectivity index (χ2v) is 6.00. The first-order chi connectivity index (χ1) is 9.43. The van der Waals surface area contributed by atoms with Gasteiger partial charge in [-0.3, -0.25) is 9.48 Å². The summed E-state index contributed by atoms with van der Waals surface area (Å²) in [5.74, 6) is 0.218. The van der Waals surface area contributed by atoms with Gasteiger partial charge in [0.15, 0.2) is 0 Å². The van der Waals surface area contributed by atoms with Crippen LogP contribution in [0.2, 0.25) is 0 Å². The number of aryl methyl sites for hydroxylation is 1. The van der Waals surface area contributed by atoms with Gasteiger partial charge in [0, 0.05) is 45.9 Å². The van der Waals surface area contributed by atoms with Crippen molar-refractivity contribution < 1.29 is 9.53 Å². The van der Waals surface area contributed by atoms with E-state index in [9.17, 15) is 4.79 Å². The van der Waals surface area contributed by atoms with E-state index < -0.39 is 0 Å². The van der Waals surface area contributed by atoms with Gasteiger partial charge in [-0.15, -0.1) is 0 Å². The lowest BCUT2D eigenvalue weighted by atomic mass is 9.90. The number of aromatic nitrogens is 2. The maximum absolute atomic E-state index is 12.4. The molecule has 0 bridgehead atoms. The predicted molar refractivity (Wildman–Crippen MR) is 76.4 cm³/mol. The molecule has 1 aliphatic rings. The van der Waals surface area contributed by atoms with Gasteiger partial charge in [-0.2, -0.15) is 5.10 Å². The SMILES string of the molecule is COC(C)(C)CNC(=O)[C@H]1CNC[C@@H]1c1cnn(C)c1. The Kier molecular flexibility index (Phi) is 4.45. The van der Waals surface area contributed by atoms with E-state index in [2.05, 4.69) is 15.7 Å².